The molecule has 0 radical (unpaired) electrons. The van der Waals surface area contributed by atoms with Gasteiger partial charge in [0.05, 0.1) is 5.75 Å². The van der Waals surface area contributed by atoms with Crippen LogP contribution in [0.25, 0.3) is 0 Å². The van der Waals surface area contributed by atoms with E-state index in [1.165, 1.54) is 30.3 Å². The second kappa shape index (κ2) is 13.4. The lowest BCUT2D eigenvalue weighted by Gasteiger charge is -2.33. The summed E-state index contributed by atoms with van der Waals surface area (Å²) in [5.74, 6) is 0.244. The molecule has 1 saturated carbocycles. The summed E-state index contributed by atoms with van der Waals surface area (Å²) in [6, 6.07) is 11.0. The average Bonchev–Trinajstić information content (AvgIpc) is 2.82. The molecule has 34 heavy (non-hydrogen) atoms. The van der Waals surface area contributed by atoms with Crippen LogP contribution >= 0.6 is 35.0 Å². The van der Waals surface area contributed by atoms with E-state index in [0.717, 1.165) is 36.8 Å². The first-order chi connectivity index (χ1) is 16.4. The van der Waals surface area contributed by atoms with E-state index in [-0.39, 0.29) is 36.0 Å². The SMILES string of the molecule is CC[C@H](C(=O)NC1CCCCC1)N(Cc1ccc(Cl)cc1Cl)C(=O)CSCc1ccc(F)cc1. The Morgan fingerprint density at radius 1 is 1.12 bits per heavy atom. The molecule has 0 spiro atoms. The Morgan fingerprint density at radius 2 is 1.82 bits per heavy atom. The molecule has 2 aromatic rings. The van der Waals surface area contributed by atoms with E-state index in [1.54, 1.807) is 35.2 Å². The standard InChI is InChI=1S/C26H31Cl2FN2O2S/c1-2-24(26(33)30-22-6-4-3-5-7-22)31(15-19-10-11-20(27)14-23(19)28)25(32)17-34-16-18-8-12-21(29)13-9-18/h8-14,22,24H,2-7,15-17H2,1H3,(H,30,33)/t24-/m1/s1. The maximum absolute atomic E-state index is 13.4. The zero-order valence-corrected chi connectivity index (χ0v) is 21.7. The van der Waals surface area contributed by atoms with Gasteiger partial charge in [-0.2, -0.15) is 0 Å². The number of rotatable bonds is 10. The molecule has 2 amide bonds. The molecule has 8 heteroatoms. The van der Waals surface area contributed by atoms with Gasteiger partial charge in [0.2, 0.25) is 11.8 Å². The van der Waals surface area contributed by atoms with Crippen molar-refractivity contribution in [3.63, 3.8) is 0 Å². The smallest absolute Gasteiger partial charge is 0.243 e. The number of nitrogens with one attached hydrogen (secondary N) is 1. The first kappa shape index (κ1) is 26.8. The zero-order chi connectivity index (χ0) is 24.5. The lowest BCUT2D eigenvalue weighted by Crippen LogP contribution is -2.52. The van der Waals surface area contributed by atoms with Crippen LogP contribution in [0.5, 0.6) is 0 Å². The normalized spacial score (nSPS) is 15.1. The molecule has 1 atom stereocenters. The molecular weight excluding hydrogens is 494 g/mol. The molecule has 0 aromatic heterocycles. The van der Waals surface area contributed by atoms with E-state index in [4.69, 9.17) is 23.2 Å². The van der Waals surface area contributed by atoms with Gasteiger partial charge in [0.1, 0.15) is 11.9 Å². The Morgan fingerprint density at radius 3 is 2.47 bits per heavy atom. The highest BCUT2D eigenvalue weighted by molar-refractivity contribution is 7.99. The second-order valence-electron chi connectivity index (χ2n) is 8.64. The van der Waals surface area contributed by atoms with Crippen molar-refractivity contribution in [2.45, 2.75) is 69.8 Å². The third kappa shape index (κ3) is 7.89. The molecule has 0 aliphatic heterocycles. The number of hydrogen-bond donors (Lipinski definition) is 1. The highest BCUT2D eigenvalue weighted by atomic mass is 35.5. The predicted molar refractivity (Wildman–Crippen MR) is 139 cm³/mol. The predicted octanol–water partition coefficient (Wildman–Crippen LogP) is 6.62. The van der Waals surface area contributed by atoms with Crippen LogP contribution in [0.1, 0.15) is 56.6 Å². The Labute approximate surface area is 215 Å². The van der Waals surface area contributed by atoms with Crippen LogP contribution in [0.4, 0.5) is 4.39 Å². The van der Waals surface area contributed by atoms with Crippen molar-refractivity contribution >= 4 is 46.8 Å². The van der Waals surface area contributed by atoms with E-state index >= 15 is 0 Å². The fourth-order valence-corrected chi connectivity index (χ4v) is 5.56. The molecule has 1 N–H and O–H groups in total. The number of hydrogen-bond acceptors (Lipinski definition) is 3. The molecule has 1 fully saturated rings. The molecule has 3 rings (SSSR count). The first-order valence-electron chi connectivity index (χ1n) is 11.7. The molecule has 0 saturated heterocycles. The number of nitrogens with zero attached hydrogens (tertiary/aromatic N) is 1. The van der Waals surface area contributed by atoms with Crippen molar-refractivity contribution in [2.24, 2.45) is 0 Å². The van der Waals surface area contributed by atoms with Gasteiger partial charge in [0.25, 0.3) is 0 Å². The van der Waals surface area contributed by atoms with Crippen LogP contribution in [-0.4, -0.2) is 34.6 Å². The molecule has 2 aromatic carbocycles. The minimum atomic E-state index is -0.590. The minimum absolute atomic E-state index is 0.114. The van der Waals surface area contributed by atoms with Crippen molar-refractivity contribution in [1.82, 2.24) is 10.2 Å². The van der Waals surface area contributed by atoms with Crippen molar-refractivity contribution in [3.8, 4) is 0 Å². The monoisotopic (exact) mass is 524 g/mol. The summed E-state index contributed by atoms with van der Waals surface area (Å²) in [6.45, 7) is 2.14. The molecular formula is C26H31Cl2FN2O2S. The molecule has 1 aliphatic rings. The fraction of sp³-hybridized carbons (Fsp3) is 0.462. The molecule has 0 unspecified atom stereocenters. The molecule has 4 nitrogen and oxygen atoms in total. The Bertz CT molecular complexity index is 968. The van der Waals surface area contributed by atoms with Gasteiger partial charge in [-0.25, -0.2) is 4.39 Å². The van der Waals surface area contributed by atoms with Gasteiger partial charge in [-0.3, -0.25) is 9.59 Å². The molecule has 0 heterocycles. The number of halogens is 3. The third-order valence-electron chi connectivity index (χ3n) is 6.10. The van der Waals surface area contributed by atoms with E-state index in [1.807, 2.05) is 6.92 Å². The lowest BCUT2D eigenvalue weighted by atomic mass is 9.95. The Kier molecular flexibility index (Phi) is 10.5. The summed E-state index contributed by atoms with van der Waals surface area (Å²) in [6.07, 6.45) is 5.89. The van der Waals surface area contributed by atoms with Crippen LogP contribution in [0.3, 0.4) is 0 Å². The number of carbonyl (C=O) groups is 2. The molecule has 184 valence electrons. The summed E-state index contributed by atoms with van der Waals surface area (Å²) in [5.41, 5.74) is 1.68. The number of carbonyl (C=O) groups excluding carboxylic acids is 2. The topological polar surface area (TPSA) is 49.4 Å². The van der Waals surface area contributed by atoms with E-state index < -0.39 is 6.04 Å². The van der Waals surface area contributed by atoms with Crippen LogP contribution < -0.4 is 5.32 Å². The second-order valence-corrected chi connectivity index (χ2v) is 10.5. The highest BCUT2D eigenvalue weighted by Crippen LogP contribution is 2.25. The number of thioether (sulfide) groups is 1. The van der Waals surface area contributed by atoms with E-state index in [9.17, 15) is 14.0 Å². The minimum Gasteiger partial charge on any atom is -0.352 e. The first-order valence-corrected chi connectivity index (χ1v) is 13.6. The van der Waals surface area contributed by atoms with Crippen molar-refractivity contribution in [1.29, 1.82) is 0 Å². The van der Waals surface area contributed by atoms with Gasteiger partial charge in [0, 0.05) is 28.4 Å². The van der Waals surface area contributed by atoms with Crippen LogP contribution in [0.2, 0.25) is 10.0 Å². The van der Waals surface area contributed by atoms with Gasteiger partial charge in [0.15, 0.2) is 0 Å². The van der Waals surface area contributed by atoms with E-state index in [2.05, 4.69) is 5.32 Å². The van der Waals surface area contributed by atoms with Gasteiger partial charge in [-0.05, 0) is 54.7 Å². The van der Waals surface area contributed by atoms with Gasteiger partial charge < -0.3 is 10.2 Å². The van der Waals surface area contributed by atoms with Crippen LogP contribution in [-0.2, 0) is 21.9 Å². The molecule has 1 aliphatic carbocycles. The third-order valence-corrected chi connectivity index (χ3v) is 7.68. The summed E-state index contributed by atoms with van der Waals surface area (Å²) in [7, 11) is 0. The van der Waals surface area contributed by atoms with E-state index in [0.29, 0.717) is 22.2 Å². The maximum Gasteiger partial charge on any atom is 0.243 e. The zero-order valence-electron chi connectivity index (χ0n) is 19.4. The van der Waals surface area contributed by atoms with Crippen LogP contribution in [0, 0.1) is 5.82 Å². The van der Waals surface area contributed by atoms with Gasteiger partial charge >= 0.3 is 0 Å². The van der Waals surface area contributed by atoms with Gasteiger partial charge in [-0.15, -0.1) is 11.8 Å². The summed E-state index contributed by atoms with van der Waals surface area (Å²) in [4.78, 5) is 28.2. The number of amides is 2. The average molecular weight is 526 g/mol. The summed E-state index contributed by atoms with van der Waals surface area (Å²) in [5, 5.41) is 4.15. The van der Waals surface area contributed by atoms with Gasteiger partial charge in [-0.1, -0.05) is 67.6 Å². The Hall–Kier alpha value is -1.76. The van der Waals surface area contributed by atoms with Crippen molar-refractivity contribution in [2.75, 3.05) is 5.75 Å². The maximum atomic E-state index is 13.4. The Balaban J connectivity index is 1.72. The van der Waals surface area contributed by atoms with Crippen molar-refractivity contribution < 1.29 is 14.0 Å². The quantitative estimate of drug-likeness (QED) is 0.379. The number of benzene rings is 2. The fourth-order valence-electron chi connectivity index (χ4n) is 4.22. The largest absolute Gasteiger partial charge is 0.352 e. The summed E-state index contributed by atoms with van der Waals surface area (Å²) >= 11 is 13.9. The lowest BCUT2D eigenvalue weighted by molar-refractivity contribution is -0.139. The van der Waals surface area contributed by atoms with Crippen molar-refractivity contribution in [3.05, 3.63) is 69.5 Å². The van der Waals surface area contributed by atoms with Crippen LogP contribution in [0.15, 0.2) is 42.5 Å². The summed E-state index contributed by atoms with van der Waals surface area (Å²) < 4.78 is 13.2. The molecule has 0 bridgehead atoms. The highest BCUT2D eigenvalue weighted by Gasteiger charge is 2.30.